The van der Waals surface area contributed by atoms with Crippen LogP contribution in [-0.2, 0) is 0 Å². The number of benzene rings is 1. The third-order valence-electron chi connectivity index (χ3n) is 3.46. The first kappa shape index (κ1) is 12.9. The summed E-state index contributed by atoms with van der Waals surface area (Å²) < 4.78 is 0. The molecule has 1 fully saturated rings. The van der Waals surface area contributed by atoms with Gasteiger partial charge in [-0.15, -0.1) is 0 Å². The zero-order valence-corrected chi connectivity index (χ0v) is 10.8. The van der Waals surface area contributed by atoms with E-state index >= 15 is 0 Å². The second kappa shape index (κ2) is 5.87. The molecule has 4 nitrogen and oxygen atoms in total. The van der Waals surface area contributed by atoms with E-state index in [0.717, 1.165) is 19.6 Å². The lowest BCUT2D eigenvalue weighted by molar-refractivity contribution is 0.0948. The van der Waals surface area contributed by atoms with E-state index in [4.69, 9.17) is 0 Å². The molecule has 1 saturated heterocycles. The maximum Gasteiger partial charge on any atom is 0.251 e. The molecule has 0 saturated carbocycles. The Labute approximate surface area is 108 Å². The number of nitrogens with zero attached hydrogens (tertiary/aromatic N) is 1. The molecule has 0 spiro atoms. The lowest BCUT2D eigenvalue weighted by Gasteiger charge is -2.15. The molecular weight excluding hydrogens is 228 g/mol. The molecular formula is C14H20N2O2. The number of phenolic OH excluding ortho intramolecular Hbond substituents is 1. The van der Waals surface area contributed by atoms with Gasteiger partial charge < -0.3 is 15.3 Å². The minimum atomic E-state index is -0.109. The SMILES string of the molecule is Cc1c(O)cccc1C(=O)NCCN1CCCC1. The molecule has 1 aromatic rings. The van der Waals surface area contributed by atoms with E-state index in [9.17, 15) is 9.90 Å². The Morgan fingerprint density at radius 3 is 2.83 bits per heavy atom. The van der Waals surface area contributed by atoms with Gasteiger partial charge in [-0.1, -0.05) is 6.07 Å². The molecule has 0 unspecified atom stereocenters. The Morgan fingerprint density at radius 1 is 1.39 bits per heavy atom. The number of carbonyl (C=O) groups excluding carboxylic acids is 1. The summed E-state index contributed by atoms with van der Waals surface area (Å²) in [5, 5.41) is 12.5. The lowest BCUT2D eigenvalue weighted by atomic mass is 10.1. The summed E-state index contributed by atoms with van der Waals surface area (Å²) in [7, 11) is 0. The van der Waals surface area contributed by atoms with Gasteiger partial charge in [0.15, 0.2) is 0 Å². The van der Waals surface area contributed by atoms with Gasteiger partial charge in [-0.25, -0.2) is 0 Å². The van der Waals surface area contributed by atoms with Crippen LogP contribution >= 0.6 is 0 Å². The third kappa shape index (κ3) is 3.01. The number of likely N-dealkylation sites (tertiary alicyclic amines) is 1. The van der Waals surface area contributed by atoms with E-state index in [1.54, 1.807) is 25.1 Å². The van der Waals surface area contributed by atoms with Crippen molar-refractivity contribution in [3.63, 3.8) is 0 Å². The molecule has 1 amide bonds. The largest absolute Gasteiger partial charge is 0.508 e. The monoisotopic (exact) mass is 248 g/mol. The summed E-state index contributed by atoms with van der Waals surface area (Å²) >= 11 is 0. The van der Waals surface area contributed by atoms with Crippen LogP contribution in [0, 0.1) is 6.92 Å². The van der Waals surface area contributed by atoms with Crippen molar-refractivity contribution >= 4 is 5.91 Å². The van der Waals surface area contributed by atoms with E-state index in [0.29, 0.717) is 17.7 Å². The van der Waals surface area contributed by atoms with Gasteiger partial charge >= 0.3 is 0 Å². The average molecular weight is 248 g/mol. The Hall–Kier alpha value is -1.55. The van der Waals surface area contributed by atoms with E-state index in [1.807, 2.05) is 0 Å². The van der Waals surface area contributed by atoms with Gasteiger partial charge in [-0.05, 0) is 45.0 Å². The molecule has 2 N–H and O–H groups in total. The van der Waals surface area contributed by atoms with Crippen molar-refractivity contribution < 1.29 is 9.90 Å². The summed E-state index contributed by atoms with van der Waals surface area (Å²) in [6.07, 6.45) is 2.53. The maximum atomic E-state index is 12.0. The van der Waals surface area contributed by atoms with Crippen molar-refractivity contribution in [3.8, 4) is 5.75 Å². The van der Waals surface area contributed by atoms with E-state index in [2.05, 4.69) is 10.2 Å². The van der Waals surface area contributed by atoms with Crippen LogP contribution in [0.1, 0.15) is 28.8 Å². The summed E-state index contributed by atoms with van der Waals surface area (Å²) in [5.74, 6) is 0.0600. The first-order chi connectivity index (χ1) is 8.68. The molecule has 1 heterocycles. The maximum absolute atomic E-state index is 12.0. The molecule has 98 valence electrons. The summed E-state index contributed by atoms with van der Waals surface area (Å²) in [6, 6.07) is 5.02. The molecule has 0 atom stereocenters. The normalized spacial score (nSPS) is 15.8. The molecule has 0 bridgehead atoms. The number of phenols is 1. The Morgan fingerprint density at radius 2 is 2.11 bits per heavy atom. The smallest absolute Gasteiger partial charge is 0.251 e. The molecule has 1 aliphatic heterocycles. The highest BCUT2D eigenvalue weighted by atomic mass is 16.3. The number of aromatic hydroxyl groups is 1. The van der Waals surface area contributed by atoms with Gasteiger partial charge in [0.05, 0.1) is 0 Å². The van der Waals surface area contributed by atoms with Gasteiger partial charge in [0.2, 0.25) is 0 Å². The zero-order valence-electron chi connectivity index (χ0n) is 10.8. The van der Waals surface area contributed by atoms with Crippen LogP contribution in [0.3, 0.4) is 0 Å². The van der Waals surface area contributed by atoms with E-state index in [1.165, 1.54) is 12.8 Å². The van der Waals surface area contributed by atoms with Crippen LogP contribution in [-0.4, -0.2) is 42.1 Å². The van der Waals surface area contributed by atoms with E-state index < -0.39 is 0 Å². The third-order valence-corrected chi connectivity index (χ3v) is 3.46. The van der Waals surface area contributed by atoms with Crippen LogP contribution < -0.4 is 5.32 Å². The summed E-state index contributed by atoms with van der Waals surface area (Å²) in [4.78, 5) is 14.3. The minimum Gasteiger partial charge on any atom is -0.508 e. The number of hydrogen-bond acceptors (Lipinski definition) is 3. The fraction of sp³-hybridized carbons (Fsp3) is 0.500. The van der Waals surface area contributed by atoms with Crippen LogP contribution in [0.4, 0.5) is 0 Å². The van der Waals surface area contributed by atoms with Crippen molar-refractivity contribution in [1.29, 1.82) is 0 Å². The molecule has 0 radical (unpaired) electrons. The van der Waals surface area contributed by atoms with Gasteiger partial charge in [0.25, 0.3) is 5.91 Å². The van der Waals surface area contributed by atoms with Crippen molar-refractivity contribution in [3.05, 3.63) is 29.3 Å². The molecule has 1 aromatic carbocycles. The predicted octanol–water partition coefficient (Wildman–Crippen LogP) is 1.53. The fourth-order valence-electron chi connectivity index (χ4n) is 2.30. The van der Waals surface area contributed by atoms with Crippen LogP contribution in [0.5, 0.6) is 5.75 Å². The Bertz CT molecular complexity index is 426. The number of nitrogens with one attached hydrogen (secondary N) is 1. The Balaban J connectivity index is 1.85. The van der Waals surface area contributed by atoms with Gasteiger partial charge in [0, 0.05) is 24.2 Å². The zero-order chi connectivity index (χ0) is 13.0. The molecule has 0 aliphatic carbocycles. The number of carbonyl (C=O) groups is 1. The summed E-state index contributed by atoms with van der Waals surface area (Å²) in [5.41, 5.74) is 1.19. The van der Waals surface area contributed by atoms with Crippen molar-refractivity contribution in [2.24, 2.45) is 0 Å². The Kier molecular flexibility index (Phi) is 4.20. The number of hydrogen-bond donors (Lipinski definition) is 2. The second-order valence-electron chi connectivity index (χ2n) is 4.75. The van der Waals surface area contributed by atoms with Crippen molar-refractivity contribution in [1.82, 2.24) is 10.2 Å². The molecule has 4 heteroatoms. The standard InChI is InChI=1S/C14H20N2O2/c1-11-12(5-4-6-13(11)17)14(18)15-7-10-16-8-2-3-9-16/h4-6,17H,2-3,7-10H2,1H3,(H,15,18). The van der Waals surface area contributed by atoms with Gasteiger partial charge in [-0.3, -0.25) is 4.79 Å². The lowest BCUT2D eigenvalue weighted by Crippen LogP contribution is -2.33. The molecule has 1 aliphatic rings. The van der Waals surface area contributed by atoms with Gasteiger partial charge in [0.1, 0.15) is 5.75 Å². The predicted molar refractivity (Wildman–Crippen MR) is 70.9 cm³/mol. The average Bonchev–Trinajstić information content (AvgIpc) is 2.85. The fourth-order valence-corrected chi connectivity index (χ4v) is 2.30. The van der Waals surface area contributed by atoms with Crippen LogP contribution in [0.15, 0.2) is 18.2 Å². The highest BCUT2D eigenvalue weighted by molar-refractivity contribution is 5.96. The topological polar surface area (TPSA) is 52.6 Å². The van der Waals surface area contributed by atoms with Crippen LogP contribution in [0.25, 0.3) is 0 Å². The van der Waals surface area contributed by atoms with Crippen LogP contribution in [0.2, 0.25) is 0 Å². The van der Waals surface area contributed by atoms with E-state index in [-0.39, 0.29) is 11.7 Å². The highest BCUT2D eigenvalue weighted by Crippen LogP contribution is 2.19. The number of amides is 1. The molecule has 18 heavy (non-hydrogen) atoms. The first-order valence-corrected chi connectivity index (χ1v) is 6.47. The quantitative estimate of drug-likeness (QED) is 0.849. The first-order valence-electron chi connectivity index (χ1n) is 6.47. The number of rotatable bonds is 4. The molecule has 0 aromatic heterocycles. The molecule has 2 rings (SSSR count). The highest BCUT2D eigenvalue weighted by Gasteiger charge is 2.13. The second-order valence-corrected chi connectivity index (χ2v) is 4.75. The minimum absolute atomic E-state index is 0.109. The summed E-state index contributed by atoms with van der Waals surface area (Å²) in [6.45, 7) is 5.60. The van der Waals surface area contributed by atoms with Crippen molar-refractivity contribution in [2.75, 3.05) is 26.2 Å². The van der Waals surface area contributed by atoms with Gasteiger partial charge in [-0.2, -0.15) is 0 Å². The van der Waals surface area contributed by atoms with Crippen molar-refractivity contribution in [2.45, 2.75) is 19.8 Å².